The molecule has 0 aliphatic carbocycles. The number of benzene rings is 2. The molecule has 0 unspecified atom stereocenters. The number of sulfonamides is 2. The van der Waals surface area contributed by atoms with Crippen molar-refractivity contribution in [3.8, 4) is 0 Å². The number of fused-ring (bicyclic) bond motifs is 1. The second-order valence-electron chi connectivity index (χ2n) is 12.2. The van der Waals surface area contributed by atoms with Gasteiger partial charge in [-0.05, 0) is 60.7 Å². The van der Waals surface area contributed by atoms with E-state index in [1.165, 1.54) is 27.8 Å². The van der Waals surface area contributed by atoms with Gasteiger partial charge in [0.1, 0.15) is 6.04 Å². The smallest absolute Gasteiger partial charge is 0.262 e. The Bertz CT molecular complexity index is 1840. The lowest BCUT2D eigenvalue weighted by atomic mass is 10.1. The molecule has 0 spiro atoms. The molecule has 1 aromatic heterocycles. The SMILES string of the molecule is Cn1cnc(S(=O)(=O)N2CCN(C[C@@H]3CCCN3C(=O)CN3CCC[C@H](NS(=O)(=O)c4ccc5cc(Br)ccc5c4)C3=O)CC2)c1. The summed E-state index contributed by atoms with van der Waals surface area (Å²) in [6.45, 7) is 3.29. The number of rotatable bonds is 9. The van der Waals surface area contributed by atoms with E-state index in [0.29, 0.717) is 58.7 Å². The van der Waals surface area contributed by atoms with Crippen LogP contribution in [0, 0.1) is 0 Å². The molecular formula is C30H38BrN7O6S2. The lowest BCUT2D eigenvalue weighted by molar-refractivity contribution is -0.143. The highest BCUT2D eigenvalue weighted by atomic mass is 79.9. The molecule has 3 saturated heterocycles. The molecular weight excluding hydrogens is 698 g/mol. The van der Waals surface area contributed by atoms with Crippen LogP contribution < -0.4 is 4.72 Å². The topological polar surface area (TPSA) is 145 Å². The highest BCUT2D eigenvalue weighted by molar-refractivity contribution is 9.10. The summed E-state index contributed by atoms with van der Waals surface area (Å²) in [6.07, 6.45) is 5.58. The van der Waals surface area contributed by atoms with Gasteiger partial charge >= 0.3 is 0 Å². The molecule has 3 aliphatic rings. The van der Waals surface area contributed by atoms with Crippen molar-refractivity contribution in [3.05, 3.63) is 53.4 Å². The number of likely N-dealkylation sites (tertiary alicyclic amines) is 2. The second kappa shape index (κ2) is 13.3. The number of nitrogens with zero attached hydrogens (tertiary/aromatic N) is 6. The van der Waals surface area contributed by atoms with Crippen LogP contribution in [0.2, 0.25) is 0 Å². The fraction of sp³-hybridized carbons (Fsp3) is 0.500. The summed E-state index contributed by atoms with van der Waals surface area (Å²) in [4.78, 5) is 36.5. The van der Waals surface area contributed by atoms with Crippen LogP contribution in [0.4, 0.5) is 0 Å². The number of imidazole rings is 1. The van der Waals surface area contributed by atoms with Crippen molar-refractivity contribution < 1.29 is 26.4 Å². The van der Waals surface area contributed by atoms with Crippen molar-refractivity contribution in [2.24, 2.45) is 7.05 Å². The average Bonchev–Trinajstić information content (AvgIpc) is 3.68. The Morgan fingerprint density at radius 2 is 1.67 bits per heavy atom. The van der Waals surface area contributed by atoms with Crippen LogP contribution >= 0.6 is 15.9 Å². The summed E-state index contributed by atoms with van der Waals surface area (Å²) >= 11 is 3.42. The van der Waals surface area contributed by atoms with Crippen LogP contribution in [0.5, 0.6) is 0 Å². The van der Waals surface area contributed by atoms with Crippen molar-refractivity contribution in [1.82, 2.24) is 33.3 Å². The van der Waals surface area contributed by atoms with Crippen LogP contribution in [-0.4, -0.2) is 122 Å². The summed E-state index contributed by atoms with van der Waals surface area (Å²) in [6, 6.07) is 9.45. The third-order valence-electron chi connectivity index (χ3n) is 9.02. The first-order valence-electron chi connectivity index (χ1n) is 15.4. The summed E-state index contributed by atoms with van der Waals surface area (Å²) < 4.78 is 59.0. The van der Waals surface area contributed by atoms with Crippen molar-refractivity contribution in [2.45, 2.75) is 47.7 Å². The van der Waals surface area contributed by atoms with Gasteiger partial charge in [0.05, 0.1) is 17.8 Å². The quantitative estimate of drug-likeness (QED) is 0.349. The highest BCUT2D eigenvalue weighted by Gasteiger charge is 2.37. The van der Waals surface area contributed by atoms with Gasteiger partial charge in [-0.25, -0.2) is 21.8 Å². The van der Waals surface area contributed by atoms with E-state index in [9.17, 15) is 26.4 Å². The molecule has 16 heteroatoms. The molecule has 0 bridgehead atoms. The molecule has 0 saturated carbocycles. The Labute approximate surface area is 277 Å². The number of carbonyl (C=O) groups excluding carboxylic acids is 2. The number of halogens is 1. The monoisotopic (exact) mass is 735 g/mol. The zero-order valence-electron chi connectivity index (χ0n) is 25.6. The van der Waals surface area contributed by atoms with E-state index >= 15 is 0 Å². The first-order valence-corrected chi connectivity index (χ1v) is 19.1. The molecule has 2 aromatic carbocycles. The predicted molar refractivity (Wildman–Crippen MR) is 175 cm³/mol. The van der Waals surface area contributed by atoms with Gasteiger partial charge in [-0.1, -0.05) is 28.1 Å². The molecule has 46 heavy (non-hydrogen) atoms. The number of hydrogen-bond acceptors (Lipinski definition) is 8. The first kappa shape index (κ1) is 33.0. The van der Waals surface area contributed by atoms with Gasteiger partial charge in [0.15, 0.2) is 5.03 Å². The maximum atomic E-state index is 13.5. The number of carbonyl (C=O) groups is 2. The van der Waals surface area contributed by atoms with Gasteiger partial charge in [-0.2, -0.15) is 9.03 Å². The normalized spacial score (nSPS) is 22.2. The first-order chi connectivity index (χ1) is 21.9. The number of hydrogen-bond donors (Lipinski definition) is 1. The predicted octanol–water partition coefficient (Wildman–Crippen LogP) is 1.60. The minimum absolute atomic E-state index is 0.0332. The third-order valence-corrected chi connectivity index (χ3v) is 12.8. The Balaban J connectivity index is 1.03. The van der Waals surface area contributed by atoms with Crippen LogP contribution in [0.3, 0.4) is 0 Å². The van der Waals surface area contributed by atoms with E-state index in [2.05, 4.69) is 30.5 Å². The maximum Gasteiger partial charge on any atom is 0.262 e. The summed E-state index contributed by atoms with van der Waals surface area (Å²) in [5.74, 6) is -0.551. The lowest BCUT2D eigenvalue weighted by Gasteiger charge is -2.37. The number of nitrogens with one attached hydrogen (secondary N) is 1. The zero-order valence-corrected chi connectivity index (χ0v) is 28.8. The minimum atomic E-state index is -3.97. The fourth-order valence-corrected chi connectivity index (χ4v) is 9.56. The van der Waals surface area contributed by atoms with E-state index in [1.54, 1.807) is 23.7 Å². The molecule has 13 nitrogen and oxygen atoms in total. The van der Waals surface area contributed by atoms with Crippen molar-refractivity contribution in [2.75, 3.05) is 52.4 Å². The van der Waals surface area contributed by atoms with Gasteiger partial charge in [0, 0.05) is 69.6 Å². The van der Waals surface area contributed by atoms with Gasteiger partial charge in [-0.3, -0.25) is 14.5 Å². The van der Waals surface area contributed by atoms with Gasteiger partial charge in [0.2, 0.25) is 21.8 Å². The van der Waals surface area contributed by atoms with E-state index in [1.807, 2.05) is 23.1 Å². The van der Waals surface area contributed by atoms with Gasteiger partial charge < -0.3 is 14.4 Å². The van der Waals surface area contributed by atoms with E-state index in [4.69, 9.17) is 0 Å². The number of amides is 2. The molecule has 6 rings (SSSR count). The van der Waals surface area contributed by atoms with Crippen LogP contribution in [0.1, 0.15) is 25.7 Å². The molecule has 0 radical (unpaired) electrons. The number of piperazine rings is 1. The van der Waals surface area contributed by atoms with Crippen LogP contribution in [0.15, 0.2) is 63.3 Å². The fourth-order valence-electron chi connectivity index (χ4n) is 6.54. The summed E-state index contributed by atoms with van der Waals surface area (Å²) in [5, 5.41) is 1.70. The van der Waals surface area contributed by atoms with Crippen LogP contribution in [-0.2, 0) is 36.7 Å². The molecule has 4 heterocycles. The summed E-state index contributed by atoms with van der Waals surface area (Å²) in [5.41, 5.74) is 0. The Morgan fingerprint density at radius 3 is 2.41 bits per heavy atom. The molecule has 248 valence electrons. The molecule has 2 atom stereocenters. The largest absolute Gasteiger partial charge is 0.339 e. The molecule has 3 fully saturated rings. The van der Waals surface area contributed by atoms with Gasteiger partial charge in [-0.15, -0.1) is 0 Å². The maximum absolute atomic E-state index is 13.5. The van der Waals surface area contributed by atoms with Crippen LogP contribution in [0.25, 0.3) is 10.8 Å². The molecule has 2 amide bonds. The Morgan fingerprint density at radius 1 is 0.957 bits per heavy atom. The van der Waals surface area contributed by atoms with Crippen molar-refractivity contribution >= 4 is 58.6 Å². The number of piperidine rings is 1. The Hall–Kier alpha value is -2.89. The standard InChI is InChI=1S/C30H38BrN7O6S2/c1-34-19-28(32-21-34)46(43,44)37-14-12-35(13-15-37)18-25-4-2-11-38(25)29(39)20-36-10-3-5-27(30(36)40)33-45(41,42)26-9-7-22-16-24(31)8-6-23(22)17-26/h6-9,16-17,19,21,25,27,33H,2-5,10-15,18,20H2,1H3/t25-,27-/m0/s1. The van der Waals surface area contributed by atoms with Gasteiger partial charge in [0.25, 0.3) is 10.0 Å². The molecule has 3 aromatic rings. The van der Waals surface area contributed by atoms with E-state index in [0.717, 1.165) is 28.1 Å². The number of aryl methyl sites for hydroxylation is 1. The minimum Gasteiger partial charge on any atom is -0.339 e. The third kappa shape index (κ3) is 7.01. The summed E-state index contributed by atoms with van der Waals surface area (Å²) in [7, 11) is -5.89. The highest BCUT2D eigenvalue weighted by Crippen LogP contribution is 2.25. The lowest BCUT2D eigenvalue weighted by Crippen LogP contribution is -2.56. The second-order valence-corrected chi connectivity index (χ2v) is 16.7. The average molecular weight is 737 g/mol. The number of aromatic nitrogens is 2. The Kier molecular flexibility index (Phi) is 9.56. The molecule has 3 aliphatic heterocycles. The van der Waals surface area contributed by atoms with E-state index in [-0.39, 0.29) is 28.4 Å². The van der Waals surface area contributed by atoms with Crippen molar-refractivity contribution in [1.29, 1.82) is 0 Å². The van der Waals surface area contributed by atoms with Crippen molar-refractivity contribution in [3.63, 3.8) is 0 Å². The molecule has 1 N–H and O–H groups in total. The van der Waals surface area contributed by atoms with E-state index < -0.39 is 32.0 Å². The zero-order chi connectivity index (χ0) is 32.6.